The summed E-state index contributed by atoms with van der Waals surface area (Å²) in [4.78, 5) is 8.90. The van der Waals surface area contributed by atoms with Gasteiger partial charge in [-0.25, -0.2) is 9.97 Å². The molecular weight excluding hydrogens is 198 g/mol. The summed E-state index contributed by atoms with van der Waals surface area (Å²) in [7, 11) is 0. The van der Waals surface area contributed by atoms with Crippen molar-refractivity contribution in [1.29, 1.82) is 0 Å². The molecule has 0 spiro atoms. The Morgan fingerprint density at radius 3 is 2.69 bits per heavy atom. The van der Waals surface area contributed by atoms with Crippen LogP contribution < -0.4 is 0 Å². The largest absolute Gasteiger partial charge is 0.290 e. The van der Waals surface area contributed by atoms with E-state index in [-0.39, 0.29) is 10.8 Å². The lowest BCUT2D eigenvalue weighted by molar-refractivity contribution is 0.399. The molecule has 0 aromatic carbocycles. The topological polar surface area (TPSA) is 30.2 Å². The zero-order chi connectivity index (χ0) is 11.6. The van der Waals surface area contributed by atoms with E-state index in [4.69, 9.17) is 4.98 Å². The second kappa shape index (κ2) is 2.65. The van der Waals surface area contributed by atoms with Gasteiger partial charge in [-0.2, -0.15) is 0 Å². The van der Waals surface area contributed by atoms with Crippen LogP contribution in [0.15, 0.2) is 18.7 Å². The molecular formula is C13H17N3. The van der Waals surface area contributed by atoms with E-state index in [1.54, 1.807) is 0 Å². The summed E-state index contributed by atoms with van der Waals surface area (Å²) < 4.78 is 2.02. The van der Waals surface area contributed by atoms with Crippen molar-refractivity contribution in [3.8, 4) is 0 Å². The van der Waals surface area contributed by atoms with Crippen LogP contribution in [0.25, 0.3) is 5.65 Å². The highest BCUT2D eigenvalue weighted by Crippen LogP contribution is 2.48. The SMILES string of the molecule is CC1(C)CC(C)(C)c2nc3cncn3cc21. The lowest BCUT2D eigenvalue weighted by Crippen LogP contribution is -2.18. The Hall–Kier alpha value is -1.38. The van der Waals surface area contributed by atoms with Crippen LogP contribution in [-0.2, 0) is 10.8 Å². The normalized spacial score (nSPS) is 21.2. The van der Waals surface area contributed by atoms with Gasteiger partial charge >= 0.3 is 0 Å². The van der Waals surface area contributed by atoms with E-state index in [2.05, 4.69) is 38.9 Å². The summed E-state index contributed by atoms with van der Waals surface area (Å²) >= 11 is 0. The van der Waals surface area contributed by atoms with E-state index >= 15 is 0 Å². The Morgan fingerprint density at radius 2 is 1.94 bits per heavy atom. The Morgan fingerprint density at radius 1 is 1.19 bits per heavy atom. The fraction of sp³-hybridized carbons (Fsp3) is 0.538. The maximum Gasteiger partial charge on any atom is 0.156 e. The minimum Gasteiger partial charge on any atom is -0.290 e. The minimum absolute atomic E-state index is 0.171. The van der Waals surface area contributed by atoms with Gasteiger partial charge in [0.25, 0.3) is 0 Å². The molecule has 0 unspecified atom stereocenters. The Labute approximate surface area is 95.5 Å². The monoisotopic (exact) mass is 215 g/mol. The molecule has 0 atom stereocenters. The van der Waals surface area contributed by atoms with Crippen molar-refractivity contribution in [2.45, 2.75) is 44.9 Å². The molecule has 0 fully saturated rings. The highest BCUT2D eigenvalue weighted by molar-refractivity contribution is 5.46. The number of rotatable bonds is 0. The van der Waals surface area contributed by atoms with Gasteiger partial charge < -0.3 is 0 Å². The van der Waals surface area contributed by atoms with E-state index in [0.717, 1.165) is 12.1 Å². The lowest BCUT2D eigenvalue weighted by atomic mass is 9.82. The average molecular weight is 215 g/mol. The Bertz CT molecular complexity index is 516. The molecule has 1 aliphatic carbocycles. The first kappa shape index (κ1) is 9.82. The summed E-state index contributed by atoms with van der Waals surface area (Å²) in [5.41, 5.74) is 3.94. The van der Waals surface area contributed by atoms with Crippen LogP contribution in [0.5, 0.6) is 0 Å². The maximum atomic E-state index is 4.76. The highest BCUT2D eigenvalue weighted by Gasteiger charge is 2.43. The van der Waals surface area contributed by atoms with Crippen molar-refractivity contribution in [3.63, 3.8) is 0 Å². The van der Waals surface area contributed by atoms with Gasteiger partial charge in [0.1, 0.15) is 6.33 Å². The van der Waals surface area contributed by atoms with Crippen LogP contribution >= 0.6 is 0 Å². The zero-order valence-electron chi connectivity index (χ0n) is 10.3. The van der Waals surface area contributed by atoms with Crippen molar-refractivity contribution in [1.82, 2.24) is 14.4 Å². The van der Waals surface area contributed by atoms with Crippen molar-refractivity contribution >= 4 is 5.65 Å². The molecule has 84 valence electrons. The number of hydrogen-bond acceptors (Lipinski definition) is 2. The van der Waals surface area contributed by atoms with E-state index in [1.807, 2.05) is 16.9 Å². The Kier molecular flexibility index (Phi) is 1.63. The van der Waals surface area contributed by atoms with Gasteiger partial charge in [0.15, 0.2) is 5.65 Å². The predicted octanol–water partition coefficient (Wildman–Crippen LogP) is 2.69. The molecule has 0 N–H and O–H groups in total. The quantitative estimate of drug-likeness (QED) is 0.676. The molecule has 0 aliphatic heterocycles. The molecule has 3 nitrogen and oxygen atoms in total. The van der Waals surface area contributed by atoms with Gasteiger partial charge in [0.2, 0.25) is 0 Å². The first-order valence-corrected chi connectivity index (χ1v) is 5.74. The van der Waals surface area contributed by atoms with Crippen molar-refractivity contribution in [2.75, 3.05) is 0 Å². The van der Waals surface area contributed by atoms with Gasteiger partial charge in [-0.3, -0.25) is 4.40 Å². The molecule has 0 bridgehead atoms. The van der Waals surface area contributed by atoms with E-state index in [1.165, 1.54) is 11.3 Å². The second-order valence-corrected chi connectivity index (χ2v) is 6.11. The van der Waals surface area contributed by atoms with E-state index < -0.39 is 0 Å². The third-order valence-electron chi connectivity index (χ3n) is 3.65. The van der Waals surface area contributed by atoms with Crippen LogP contribution in [0.1, 0.15) is 45.4 Å². The molecule has 0 saturated heterocycles. The number of aromatic nitrogens is 3. The molecule has 1 aliphatic rings. The molecule has 0 amide bonds. The third-order valence-corrected chi connectivity index (χ3v) is 3.65. The van der Waals surface area contributed by atoms with Gasteiger partial charge in [-0.05, 0) is 17.4 Å². The van der Waals surface area contributed by atoms with Gasteiger partial charge in [-0.15, -0.1) is 0 Å². The number of imidazole rings is 1. The maximum absolute atomic E-state index is 4.76. The van der Waals surface area contributed by atoms with Crippen LogP contribution in [-0.4, -0.2) is 14.4 Å². The molecule has 3 rings (SSSR count). The summed E-state index contributed by atoms with van der Waals surface area (Å²) in [6.07, 6.45) is 6.99. The molecule has 0 radical (unpaired) electrons. The highest BCUT2D eigenvalue weighted by atomic mass is 15.0. The summed E-state index contributed by atoms with van der Waals surface area (Å²) in [5.74, 6) is 0. The van der Waals surface area contributed by atoms with Crippen LogP contribution in [0, 0.1) is 0 Å². The van der Waals surface area contributed by atoms with Gasteiger partial charge in [-0.1, -0.05) is 27.7 Å². The van der Waals surface area contributed by atoms with Crippen LogP contribution in [0.2, 0.25) is 0 Å². The molecule has 2 heterocycles. The molecule has 16 heavy (non-hydrogen) atoms. The molecule has 2 aromatic heterocycles. The molecule has 3 heteroatoms. The lowest BCUT2D eigenvalue weighted by Gasteiger charge is -2.21. The fourth-order valence-electron chi connectivity index (χ4n) is 3.15. The number of nitrogens with zero attached hydrogens (tertiary/aromatic N) is 3. The minimum atomic E-state index is 0.171. The second-order valence-electron chi connectivity index (χ2n) is 6.11. The molecule has 0 saturated carbocycles. The zero-order valence-corrected chi connectivity index (χ0v) is 10.3. The van der Waals surface area contributed by atoms with Crippen LogP contribution in [0.3, 0.4) is 0 Å². The number of hydrogen-bond donors (Lipinski definition) is 0. The fourth-order valence-corrected chi connectivity index (χ4v) is 3.15. The average Bonchev–Trinajstić information content (AvgIpc) is 2.66. The van der Waals surface area contributed by atoms with Crippen molar-refractivity contribution in [3.05, 3.63) is 30.0 Å². The van der Waals surface area contributed by atoms with Crippen molar-refractivity contribution in [2.24, 2.45) is 0 Å². The predicted molar refractivity (Wildman–Crippen MR) is 63.7 cm³/mol. The summed E-state index contributed by atoms with van der Waals surface area (Å²) in [5, 5.41) is 0. The summed E-state index contributed by atoms with van der Waals surface area (Å²) in [6.45, 7) is 9.15. The third kappa shape index (κ3) is 1.14. The van der Waals surface area contributed by atoms with Gasteiger partial charge in [0.05, 0.1) is 11.9 Å². The first-order valence-electron chi connectivity index (χ1n) is 5.74. The molecule has 2 aromatic rings. The first-order chi connectivity index (χ1) is 7.40. The Balaban J connectivity index is 2.37. The van der Waals surface area contributed by atoms with Gasteiger partial charge in [0, 0.05) is 11.6 Å². The smallest absolute Gasteiger partial charge is 0.156 e. The van der Waals surface area contributed by atoms with Crippen molar-refractivity contribution < 1.29 is 0 Å². The van der Waals surface area contributed by atoms with Crippen LogP contribution in [0.4, 0.5) is 0 Å². The standard InChI is InChI=1S/C13H17N3/c1-12(2)7-13(3,4)11-9(12)6-16-8-14-5-10(16)15-11/h5-6,8H,7H2,1-4H3. The van der Waals surface area contributed by atoms with E-state index in [9.17, 15) is 0 Å². The van der Waals surface area contributed by atoms with E-state index in [0.29, 0.717) is 0 Å². The number of fused-ring (bicyclic) bond motifs is 2. The summed E-state index contributed by atoms with van der Waals surface area (Å²) in [6, 6.07) is 0.